The fourth-order valence-electron chi connectivity index (χ4n) is 1.03. The van der Waals surface area contributed by atoms with Gasteiger partial charge < -0.3 is 5.11 Å². The summed E-state index contributed by atoms with van der Waals surface area (Å²) in [5.41, 5.74) is 0.665. The van der Waals surface area contributed by atoms with Crippen LogP contribution in [0, 0.1) is 0 Å². The minimum Gasteiger partial charge on any atom is -0.477 e. The number of carboxylic acid groups (broad SMARTS) is 1. The van der Waals surface area contributed by atoms with Crippen LogP contribution >= 0.6 is 0 Å². The van der Waals surface area contributed by atoms with Crippen LogP contribution in [-0.4, -0.2) is 30.8 Å². The van der Waals surface area contributed by atoms with Gasteiger partial charge >= 0.3 is 5.97 Å². The van der Waals surface area contributed by atoms with Gasteiger partial charge in [0.15, 0.2) is 0 Å². The van der Waals surface area contributed by atoms with Gasteiger partial charge in [-0.1, -0.05) is 0 Å². The van der Waals surface area contributed by atoms with Gasteiger partial charge in [0.1, 0.15) is 18.3 Å². The molecule has 0 fully saturated rings. The lowest BCUT2D eigenvalue weighted by molar-refractivity contribution is 0.0690. The van der Waals surface area contributed by atoms with E-state index in [0.717, 1.165) is 0 Å². The molecule has 0 radical (unpaired) electrons. The van der Waals surface area contributed by atoms with E-state index in [9.17, 15) is 4.79 Å². The van der Waals surface area contributed by atoms with E-state index in [1.165, 1.54) is 24.9 Å². The number of carbonyl (C=O) groups is 1. The smallest absolute Gasteiger partial charge is 0.354 e. The van der Waals surface area contributed by atoms with E-state index in [0.29, 0.717) is 5.69 Å². The first-order valence-corrected chi connectivity index (χ1v) is 3.82. The lowest BCUT2D eigenvalue weighted by Gasteiger charge is -2.00. The summed E-state index contributed by atoms with van der Waals surface area (Å²) in [6.07, 6.45) is 4.40. The first-order valence-electron chi connectivity index (χ1n) is 3.82. The third-order valence-corrected chi connectivity index (χ3v) is 1.68. The molecule has 0 bridgehead atoms. The Labute approximate surface area is 78.9 Å². The van der Waals surface area contributed by atoms with E-state index >= 15 is 0 Å². The van der Waals surface area contributed by atoms with Crippen LogP contribution in [0.4, 0.5) is 0 Å². The van der Waals surface area contributed by atoms with E-state index in [1.807, 2.05) is 0 Å². The van der Waals surface area contributed by atoms with Gasteiger partial charge in [0.2, 0.25) is 0 Å². The molecule has 2 aromatic heterocycles. The van der Waals surface area contributed by atoms with Crippen molar-refractivity contribution in [1.82, 2.24) is 19.7 Å². The molecule has 0 aromatic carbocycles. The first kappa shape index (κ1) is 8.36. The Hall–Kier alpha value is -2.24. The molecule has 0 unspecified atom stereocenters. The van der Waals surface area contributed by atoms with Crippen LogP contribution < -0.4 is 0 Å². The summed E-state index contributed by atoms with van der Waals surface area (Å²) in [4.78, 5) is 14.3. The largest absolute Gasteiger partial charge is 0.477 e. The van der Waals surface area contributed by atoms with Gasteiger partial charge in [-0.3, -0.25) is 4.57 Å². The lowest BCUT2D eigenvalue weighted by atomic mass is 10.3. The van der Waals surface area contributed by atoms with Crippen molar-refractivity contribution in [1.29, 1.82) is 0 Å². The fraction of sp³-hybridized carbons (Fsp3) is 0. The Kier molecular flexibility index (Phi) is 1.94. The van der Waals surface area contributed by atoms with Crippen LogP contribution in [0.25, 0.3) is 5.69 Å². The second-order valence-corrected chi connectivity index (χ2v) is 2.57. The van der Waals surface area contributed by atoms with Crippen LogP contribution in [0.1, 0.15) is 10.5 Å². The summed E-state index contributed by atoms with van der Waals surface area (Å²) in [6, 6.07) is 3.13. The Morgan fingerprint density at radius 2 is 2.07 bits per heavy atom. The lowest BCUT2D eigenvalue weighted by Crippen LogP contribution is -2.01. The van der Waals surface area contributed by atoms with Crippen LogP contribution in [-0.2, 0) is 0 Å². The molecule has 1 N–H and O–H groups in total. The van der Waals surface area contributed by atoms with Crippen molar-refractivity contribution in [3.05, 3.63) is 36.7 Å². The van der Waals surface area contributed by atoms with Gasteiger partial charge in [0, 0.05) is 6.20 Å². The van der Waals surface area contributed by atoms with Crippen LogP contribution in [0.5, 0.6) is 0 Å². The van der Waals surface area contributed by atoms with Gasteiger partial charge in [-0.05, 0) is 12.1 Å². The fourth-order valence-corrected chi connectivity index (χ4v) is 1.03. The minimum absolute atomic E-state index is 0.00352. The Morgan fingerprint density at radius 1 is 1.36 bits per heavy atom. The topological polar surface area (TPSA) is 80.9 Å². The molecule has 0 saturated heterocycles. The number of pyridine rings is 1. The van der Waals surface area contributed by atoms with E-state index in [-0.39, 0.29) is 5.69 Å². The first-order chi connectivity index (χ1) is 6.77. The van der Waals surface area contributed by atoms with Gasteiger partial charge in [-0.2, -0.15) is 0 Å². The molecule has 0 saturated carbocycles. The quantitative estimate of drug-likeness (QED) is 0.739. The molecule has 2 rings (SSSR count). The number of rotatable bonds is 2. The third kappa shape index (κ3) is 1.45. The van der Waals surface area contributed by atoms with Gasteiger partial charge in [-0.15, -0.1) is 10.2 Å². The molecule has 6 heteroatoms. The van der Waals surface area contributed by atoms with Crippen LogP contribution in [0.2, 0.25) is 0 Å². The molecule has 0 aliphatic carbocycles. The molecule has 0 atom stereocenters. The molecule has 6 nitrogen and oxygen atoms in total. The summed E-state index contributed by atoms with van der Waals surface area (Å²) in [6.45, 7) is 0. The van der Waals surface area contributed by atoms with Crippen molar-refractivity contribution < 1.29 is 9.90 Å². The normalized spacial score (nSPS) is 10.0. The summed E-state index contributed by atoms with van der Waals surface area (Å²) in [7, 11) is 0. The maximum atomic E-state index is 10.6. The summed E-state index contributed by atoms with van der Waals surface area (Å²) in [5, 5.41) is 15.9. The van der Waals surface area contributed by atoms with Gasteiger partial charge in [0.25, 0.3) is 0 Å². The van der Waals surface area contributed by atoms with Crippen molar-refractivity contribution in [3.8, 4) is 5.69 Å². The Bertz CT molecular complexity index is 452. The van der Waals surface area contributed by atoms with Crippen LogP contribution in [0.3, 0.4) is 0 Å². The molecule has 0 spiro atoms. The highest BCUT2D eigenvalue weighted by Gasteiger charge is 2.05. The van der Waals surface area contributed by atoms with E-state index in [4.69, 9.17) is 5.11 Å². The average Bonchev–Trinajstić information content (AvgIpc) is 2.71. The van der Waals surface area contributed by atoms with Crippen LogP contribution in [0.15, 0.2) is 31.0 Å². The molecular weight excluding hydrogens is 184 g/mol. The molecule has 0 aliphatic heterocycles. The number of nitrogens with zero attached hydrogens (tertiary/aromatic N) is 4. The predicted octanol–water partition coefficient (Wildman–Crippen LogP) is 0.360. The maximum absolute atomic E-state index is 10.6. The summed E-state index contributed by atoms with van der Waals surface area (Å²) < 4.78 is 1.61. The molecule has 70 valence electrons. The molecule has 0 amide bonds. The van der Waals surface area contributed by atoms with Gasteiger partial charge in [-0.25, -0.2) is 9.78 Å². The SMILES string of the molecule is O=C(O)c1cc(-n2cnnc2)ccn1. The van der Waals surface area contributed by atoms with E-state index < -0.39 is 5.97 Å². The molecule has 14 heavy (non-hydrogen) atoms. The number of hydrogen-bond acceptors (Lipinski definition) is 4. The highest BCUT2D eigenvalue weighted by atomic mass is 16.4. The van der Waals surface area contributed by atoms with Crippen molar-refractivity contribution >= 4 is 5.97 Å². The predicted molar refractivity (Wildman–Crippen MR) is 46.1 cm³/mol. The Balaban J connectivity index is 2.46. The Morgan fingerprint density at radius 3 is 2.71 bits per heavy atom. The second-order valence-electron chi connectivity index (χ2n) is 2.57. The molecule has 2 aromatic rings. The minimum atomic E-state index is -1.06. The number of carboxylic acids is 1. The third-order valence-electron chi connectivity index (χ3n) is 1.68. The highest BCUT2D eigenvalue weighted by Crippen LogP contribution is 2.06. The maximum Gasteiger partial charge on any atom is 0.354 e. The van der Waals surface area contributed by atoms with Crippen molar-refractivity contribution in [2.45, 2.75) is 0 Å². The zero-order chi connectivity index (χ0) is 9.97. The summed E-state index contributed by atoms with van der Waals surface area (Å²) in [5.74, 6) is -1.06. The standard InChI is InChI=1S/C8H6N4O2/c13-8(14)7-3-6(1-2-9-7)12-4-10-11-5-12/h1-5H,(H,13,14). The van der Waals surface area contributed by atoms with Crippen molar-refractivity contribution in [2.75, 3.05) is 0 Å². The van der Waals surface area contributed by atoms with Crippen molar-refractivity contribution in [3.63, 3.8) is 0 Å². The highest BCUT2D eigenvalue weighted by molar-refractivity contribution is 5.85. The van der Waals surface area contributed by atoms with E-state index in [2.05, 4.69) is 15.2 Å². The summed E-state index contributed by atoms with van der Waals surface area (Å²) >= 11 is 0. The van der Waals surface area contributed by atoms with Gasteiger partial charge in [0.05, 0.1) is 5.69 Å². The van der Waals surface area contributed by atoms with E-state index in [1.54, 1.807) is 10.6 Å². The number of aromatic nitrogens is 4. The van der Waals surface area contributed by atoms with Crippen molar-refractivity contribution in [2.24, 2.45) is 0 Å². The zero-order valence-electron chi connectivity index (χ0n) is 7.03. The zero-order valence-corrected chi connectivity index (χ0v) is 7.03. The monoisotopic (exact) mass is 190 g/mol. The molecular formula is C8H6N4O2. The number of aromatic carboxylic acids is 1. The molecule has 0 aliphatic rings. The number of hydrogen-bond donors (Lipinski definition) is 1. The molecule has 2 heterocycles. The second kappa shape index (κ2) is 3.25. The average molecular weight is 190 g/mol.